The second-order valence-electron chi connectivity index (χ2n) is 5.16. The summed E-state index contributed by atoms with van der Waals surface area (Å²) in [4.78, 5) is 18.2. The van der Waals surface area contributed by atoms with Crippen molar-refractivity contribution in [1.82, 2.24) is 14.5 Å². The summed E-state index contributed by atoms with van der Waals surface area (Å²) in [5.74, 6) is -0.826. The standard InChI is InChI=1S/C13H15FN4O3/c1-5-7(4-19)10(20)8(14)9(5)18-3-2-6-11(18)16-13(15)17-12(6)21/h2-3,7-10,19-20H,1,4H2,(H3,15,16,17,21)/t7-,8?,9+,10?/m0/s1. The molecule has 21 heavy (non-hydrogen) atoms. The van der Waals surface area contributed by atoms with Crippen molar-refractivity contribution >= 4 is 17.0 Å². The van der Waals surface area contributed by atoms with Crippen molar-refractivity contribution in [1.29, 1.82) is 0 Å². The molecule has 1 saturated carbocycles. The average molecular weight is 294 g/mol. The molecular formula is C13H15FN4O3. The number of anilines is 1. The minimum Gasteiger partial charge on any atom is -0.396 e. The molecule has 0 saturated heterocycles. The van der Waals surface area contributed by atoms with Gasteiger partial charge in [-0.05, 0) is 11.6 Å². The van der Waals surface area contributed by atoms with Crippen LogP contribution in [0, 0.1) is 5.92 Å². The van der Waals surface area contributed by atoms with Crippen LogP contribution in [0.25, 0.3) is 11.0 Å². The Kier molecular flexibility index (Phi) is 3.07. The molecule has 1 aliphatic rings. The number of aromatic amines is 1. The van der Waals surface area contributed by atoms with E-state index in [1.54, 1.807) is 0 Å². The summed E-state index contributed by atoms with van der Waals surface area (Å²) in [6.07, 6.45) is -1.49. The van der Waals surface area contributed by atoms with E-state index in [0.717, 1.165) is 0 Å². The first kappa shape index (κ1) is 13.8. The first-order valence-electron chi connectivity index (χ1n) is 6.43. The summed E-state index contributed by atoms with van der Waals surface area (Å²) in [6.45, 7) is 3.37. The number of rotatable bonds is 2. The molecule has 0 amide bonds. The second-order valence-corrected chi connectivity index (χ2v) is 5.16. The molecule has 2 unspecified atom stereocenters. The lowest BCUT2D eigenvalue weighted by molar-refractivity contribution is 0.0427. The highest BCUT2D eigenvalue weighted by atomic mass is 19.1. The Labute approximate surface area is 118 Å². The van der Waals surface area contributed by atoms with Crippen LogP contribution in [0.4, 0.5) is 10.3 Å². The van der Waals surface area contributed by atoms with Crippen molar-refractivity contribution in [2.45, 2.75) is 18.3 Å². The minimum atomic E-state index is -1.65. The van der Waals surface area contributed by atoms with Crippen molar-refractivity contribution in [2.24, 2.45) is 5.92 Å². The van der Waals surface area contributed by atoms with Crippen LogP contribution in [0.15, 0.2) is 29.2 Å². The number of nitrogens with two attached hydrogens (primary N) is 1. The lowest BCUT2D eigenvalue weighted by atomic mass is 10.0. The number of halogens is 1. The van der Waals surface area contributed by atoms with Gasteiger partial charge in [0.2, 0.25) is 5.95 Å². The van der Waals surface area contributed by atoms with Crippen LogP contribution in [-0.4, -0.2) is 43.6 Å². The SMILES string of the molecule is C=C1[C@@H](n2ccc3c(=O)[nH]c(N)nc32)C(F)C(O)[C@H]1CO. The number of hydrogen-bond acceptors (Lipinski definition) is 5. The number of aliphatic hydroxyl groups is 2. The lowest BCUT2D eigenvalue weighted by Gasteiger charge is -2.18. The molecule has 2 heterocycles. The number of nitrogens with one attached hydrogen (secondary N) is 1. The van der Waals surface area contributed by atoms with Gasteiger partial charge in [0.15, 0.2) is 6.17 Å². The van der Waals surface area contributed by atoms with Gasteiger partial charge in [-0.1, -0.05) is 6.58 Å². The molecule has 2 aromatic heterocycles. The van der Waals surface area contributed by atoms with E-state index in [2.05, 4.69) is 16.5 Å². The van der Waals surface area contributed by atoms with E-state index >= 15 is 0 Å². The number of hydrogen-bond donors (Lipinski definition) is 4. The number of aliphatic hydroxyl groups excluding tert-OH is 2. The zero-order valence-corrected chi connectivity index (χ0v) is 11.0. The average Bonchev–Trinajstić information content (AvgIpc) is 2.91. The molecule has 0 bridgehead atoms. The maximum absolute atomic E-state index is 14.4. The number of alkyl halides is 1. The summed E-state index contributed by atoms with van der Waals surface area (Å²) in [6, 6.07) is 0.600. The van der Waals surface area contributed by atoms with E-state index in [9.17, 15) is 19.4 Å². The lowest BCUT2D eigenvalue weighted by Crippen LogP contribution is -2.27. The van der Waals surface area contributed by atoms with Gasteiger partial charge in [-0.2, -0.15) is 4.98 Å². The summed E-state index contributed by atoms with van der Waals surface area (Å²) in [5.41, 5.74) is 5.67. The van der Waals surface area contributed by atoms with Crippen molar-refractivity contribution < 1.29 is 14.6 Å². The summed E-state index contributed by atoms with van der Waals surface area (Å²) >= 11 is 0. The quantitative estimate of drug-likeness (QED) is 0.569. The van der Waals surface area contributed by atoms with Crippen molar-refractivity contribution in [2.75, 3.05) is 12.3 Å². The summed E-state index contributed by atoms with van der Waals surface area (Å²) < 4.78 is 15.8. The van der Waals surface area contributed by atoms with E-state index < -0.39 is 36.4 Å². The molecule has 5 N–H and O–H groups in total. The Hall–Kier alpha value is -2.19. The van der Waals surface area contributed by atoms with Crippen molar-refractivity contribution in [3.05, 3.63) is 34.8 Å². The van der Waals surface area contributed by atoms with Gasteiger partial charge in [-0.25, -0.2) is 4.39 Å². The molecule has 0 radical (unpaired) electrons. The number of aromatic nitrogens is 3. The van der Waals surface area contributed by atoms with E-state index in [-0.39, 0.29) is 17.0 Å². The molecular weight excluding hydrogens is 279 g/mol. The highest BCUT2D eigenvalue weighted by Gasteiger charge is 2.46. The van der Waals surface area contributed by atoms with Gasteiger partial charge in [0.05, 0.1) is 24.1 Å². The number of fused-ring (bicyclic) bond motifs is 1. The molecule has 0 aromatic carbocycles. The highest BCUT2D eigenvalue weighted by Crippen LogP contribution is 2.42. The predicted molar refractivity (Wildman–Crippen MR) is 74.4 cm³/mol. The fraction of sp³-hybridized carbons (Fsp3) is 0.385. The minimum absolute atomic E-state index is 0.0780. The molecule has 2 aromatic rings. The van der Waals surface area contributed by atoms with Crippen LogP contribution < -0.4 is 11.3 Å². The number of H-pyrrole nitrogens is 1. The van der Waals surface area contributed by atoms with E-state index in [4.69, 9.17) is 5.73 Å². The van der Waals surface area contributed by atoms with E-state index in [1.807, 2.05) is 0 Å². The molecule has 0 spiro atoms. The van der Waals surface area contributed by atoms with E-state index in [0.29, 0.717) is 5.57 Å². The molecule has 1 fully saturated rings. The highest BCUT2D eigenvalue weighted by molar-refractivity contribution is 5.76. The third kappa shape index (κ3) is 1.87. The fourth-order valence-electron chi connectivity index (χ4n) is 2.89. The summed E-state index contributed by atoms with van der Waals surface area (Å²) in [5, 5.41) is 19.4. The second kappa shape index (κ2) is 4.68. The van der Waals surface area contributed by atoms with Crippen LogP contribution in [0.5, 0.6) is 0 Å². The third-order valence-corrected chi connectivity index (χ3v) is 3.99. The zero-order chi connectivity index (χ0) is 15.3. The smallest absolute Gasteiger partial charge is 0.261 e. The van der Waals surface area contributed by atoms with Gasteiger partial charge in [0.1, 0.15) is 5.65 Å². The Morgan fingerprint density at radius 1 is 1.57 bits per heavy atom. The fourth-order valence-corrected chi connectivity index (χ4v) is 2.89. The number of nitrogens with zero attached hydrogens (tertiary/aromatic N) is 2. The monoisotopic (exact) mass is 294 g/mol. The maximum atomic E-state index is 14.4. The summed E-state index contributed by atoms with van der Waals surface area (Å²) in [7, 11) is 0. The molecule has 0 aliphatic heterocycles. The van der Waals surface area contributed by atoms with Crippen molar-refractivity contribution in [3.8, 4) is 0 Å². The Morgan fingerprint density at radius 3 is 2.90 bits per heavy atom. The molecule has 3 rings (SSSR count). The van der Waals surface area contributed by atoms with Gasteiger partial charge in [0.25, 0.3) is 5.56 Å². The molecule has 7 nitrogen and oxygen atoms in total. The van der Waals surface area contributed by atoms with Crippen LogP contribution in [0.1, 0.15) is 6.04 Å². The molecule has 4 atom stereocenters. The maximum Gasteiger partial charge on any atom is 0.261 e. The largest absolute Gasteiger partial charge is 0.396 e. The Morgan fingerprint density at radius 2 is 2.29 bits per heavy atom. The Balaban J connectivity index is 2.17. The van der Waals surface area contributed by atoms with Gasteiger partial charge < -0.3 is 20.5 Å². The third-order valence-electron chi connectivity index (χ3n) is 3.99. The Bertz CT molecular complexity index is 768. The van der Waals surface area contributed by atoms with Crippen LogP contribution >= 0.6 is 0 Å². The first-order chi connectivity index (χ1) is 9.95. The normalized spacial score (nSPS) is 29.4. The zero-order valence-electron chi connectivity index (χ0n) is 11.0. The molecule has 1 aliphatic carbocycles. The van der Waals surface area contributed by atoms with Gasteiger partial charge in [0, 0.05) is 12.1 Å². The number of nitrogen functional groups attached to an aromatic ring is 1. The van der Waals surface area contributed by atoms with E-state index in [1.165, 1.54) is 16.8 Å². The van der Waals surface area contributed by atoms with Crippen LogP contribution in [0.3, 0.4) is 0 Å². The van der Waals surface area contributed by atoms with Gasteiger partial charge in [-0.3, -0.25) is 9.78 Å². The van der Waals surface area contributed by atoms with Crippen LogP contribution in [0.2, 0.25) is 0 Å². The molecule has 8 heteroatoms. The predicted octanol–water partition coefficient (Wildman–Crippen LogP) is -0.275. The first-order valence-corrected chi connectivity index (χ1v) is 6.43. The molecule has 112 valence electrons. The van der Waals surface area contributed by atoms with Gasteiger partial charge in [-0.15, -0.1) is 0 Å². The van der Waals surface area contributed by atoms with Crippen LogP contribution in [-0.2, 0) is 0 Å². The van der Waals surface area contributed by atoms with Crippen molar-refractivity contribution in [3.63, 3.8) is 0 Å². The topological polar surface area (TPSA) is 117 Å². The van der Waals surface area contributed by atoms with Gasteiger partial charge >= 0.3 is 0 Å².